The van der Waals surface area contributed by atoms with Gasteiger partial charge in [0, 0.05) is 12.4 Å². The Kier molecular flexibility index (Phi) is 4.77. The maximum atomic E-state index is 12.8. The van der Waals surface area contributed by atoms with Crippen molar-refractivity contribution in [3.05, 3.63) is 65.8 Å². The first-order valence-corrected chi connectivity index (χ1v) is 9.10. The lowest BCUT2D eigenvalue weighted by molar-refractivity contribution is 0.219. The van der Waals surface area contributed by atoms with Crippen molar-refractivity contribution >= 4 is 15.9 Å². The molecule has 2 aromatic heterocycles. The summed E-state index contributed by atoms with van der Waals surface area (Å²) in [6.45, 7) is 1.64. The topological polar surface area (TPSA) is 125 Å². The lowest BCUT2D eigenvalue weighted by Crippen LogP contribution is -2.11. The van der Waals surface area contributed by atoms with E-state index < -0.39 is 21.2 Å². The molecular weight excluding hydrogens is 342 g/mol. The summed E-state index contributed by atoms with van der Waals surface area (Å²) in [5.74, 6) is 0.137. The van der Waals surface area contributed by atoms with E-state index in [0.29, 0.717) is 11.1 Å². The highest BCUT2D eigenvalue weighted by Crippen LogP contribution is 2.31. The van der Waals surface area contributed by atoms with E-state index in [4.69, 9.17) is 0 Å². The molecule has 9 heteroatoms. The van der Waals surface area contributed by atoms with Gasteiger partial charge in [0.1, 0.15) is 6.10 Å². The van der Waals surface area contributed by atoms with Gasteiger partial charge in [-0.1, -0.05) is 29.5 Å². The van der Waals surface area contributed by atoms with Gasteiger partial charge in [-0.2, -0.15) is 5.21 Å². The van der Waals surface area contributed by atoms with E-state index in [2.05, 4.69) is 25.6 Å². The number of benzene rings is 1. The zero-order chi connectivity index (χ0) is 17.9. The predicted molar refractivity (Wildman–Crippen MR) is 91.0 cm³/mol. The Morgan fingerprint density at radius 3 is 2.64 bits per heavy atom. The molecule has 2 heterocycles. The van der Waals surface area contributed by atoms with Gasteiger partial charge in [-0.3, -0.25) is 0 Å². The van der Waals surface area contributed by atoms with Crippen LogP contribution in [0.3, 0.4) is 0 Å². The number of aliphatic hydroxyl groups excluding tert-OH is 1. The van der Waals surface area contributed by atoms with Crippen molar-refractivity contribution in [2.45, 2.75) is 23.2 Å². The molecule has 0 fully saturated rings. The molecule has 130 valence electrons. The van der Waals surface area contributed by atoms with Crippen LogP contribution in [0.15, 0.2) is 53.7 Å². The molecule has 0 aliphatic carbocycles. The SMILES string of the molecule is CC(c1c[nH]cc1/C=C/C(O)c1nn[nH]n1)S(=O)(=O)c1ccccc1. The van der Waals surface area contributed by atoms with Gasteiger partial charge in [0.2, 0.25) is 5.82 Å². The van der Waals surface area contributed by atoms with E-state index in [-0.39, 0.29) is 10.7 Å². The summed E-state index contributed by atoms with van der Waals surface area (Å²) in [5.41, 5.74) is 1.27. The van der Waals surface area contributed by atoms with Gasteiger partial charge in [0.05, 0.1) is 10.1 Å². The Morgan fingerprint density at radius 2 is 1.96 bits per heavy atom. The van der Waals surface area contributed by atoms with Gasteiger partial charge in [-0.25, -0.2) is 8.42 Å². The van der Waals surface area contributed by atoms with E-state index >= 15 is 0 Å². The van der Waals surface area contributed by atoms with Crippen LogP contribution in [-0.2, 0) is 9.84 Å². The molecule has 0 aliphatic rings. The summed E-state index contributed by atoms with van der Waals surface area (Å²) in [4.78, 5) is 3.18. The first kappa shape index (κ1) is 17.1. The number of rotatable bonds is 6. The average molecular weight is 359 g/mol. The number of nitrogens with zero attached hydrogens (tertiary/aromatic N) is 3. The third-order valence-electron chi connectivity index (χ3n) is 3.87. The van der Waals surface area contributed by atoms with E-state index in [0.717, 1.165) is 0 Å². The summed E-state index contributed by atoms with van der Waals surface area (Å²) >= 11 is 0. The second-order valence-corrected chi connectivity index (χ2v) is 7.71. The molecule has 3 N–H and O–H groups in total. The fraction of sp³-hybridized carbons (Fsp3) is 0.188. The van der Waals surface area contributed by atoms with Crippen LogP contribution in [0.1, 0.15) is 35.2 Å². The van der Waals surface area contributed by atoms with Crippen LogP contribution < -0.4 is 0 Å². The van der Waals surface area contributed by atoms with Crippen LogP contribution in [0, 0.1) is 0 Å². The number of nitrogens with one attached hydrogen (secondary N) is 2. The quantitative estimate of drug-likeness (QED) is 0.616. The number of aromatic amines is 2. The molecule has 0 aliphatic heterocycles. The molecule has 0 amide bonds. The highest BCUT2D eigenvalue weighted by Gasteiger charge is 2.26. The molecule has 0 spiro atoms. The van der Waals surface area contributed by atoms with E-state index in [1.807, 2.05) is 0 Å². The highest BCUT2D eigenvalue weighted by atomic mass is 32.2. The normalized spacial score (nSPS) is 14.6. The number of aliphatic hydroxyl groups is 1. The number of hydrogen-bond acceptors (Lipinski definition) is 6. The van der Waals surface area contributed by atoms with Crippen LogP contribution in [-0.4, -0.2) is 39.1 Å². The molecular formula is C16H17N5O3S. The molecule has 2 atom stereocenters. The lowest BCUT2D eigenvalue weighted by Gasteiger charge is -2.13. The van der Waals surface area contributed by atoms with E-state index in [1.165, 1.54) is 6.08 Å². The van der Waals surface area contributed by atoms with Crippen molar-refractivity contribution in [2.75, 3.05) is 0 Å². The van der Waals surface area contributed by atoms with Crippen LogP contribution in [0.2, 0.25) is 0 Å². The minimum absolute atomic E-state index is 0.137. The zero-order valence-corrected chi connectivity index (χ0v) is 14.2. The number of hydrogen-bond donors (Lipinski definition) is 3. The molecule has 0 radical (unpaired) electrons. The monoisotopic (exact) mass is 359 g/mol. The third kappa shape index (κ3) is 3.52. The molecule has 0 saturated heterocycles. The minimum atomic E-state index is -3.52. The van der Waals surface area contributed by atoms with E-state index in [9.17, 15) is 13.5 Å². The van der Waals surface area contributed by atoms with Crippen LogP contribution >= 0.6 is 0 Å². The van der Waals surface area contributed by atoms with Crippen molar-refractivity contribution in [1.29, 1.82) is 0 Å². The van der Waals surface area contributed by atoms with Crippen LogP contribution in [0.5, 0.6) is 0 Å². The second kappa shape index (κ2) is 6.99. The molecule has 25 heavy (non-hydrogen) atoms. The third-order valence-corrected chi connectivity index (χ3v) is 5.98. The molecule has 2 unspecified atom stereocenters. The van der Waals surface area contributed by atoms with Gasteiger partial charge >= 0.3 is 0 Å². The van der Waals surface area contributed by atoms with Gasteiger partial charge < -0.3 is 10.1 Å². The second-order valence-electron chi connectivity index (χ2n) is 5.44. The van der Waals surface area contributed by atoms with Gasteiger partial charge in [-0.05, 0) is 36.3 Å². The van der Waals surface area contributed by atoms with Gasteiger partial charge in [0.25, 0.3) is 0 Å². The Bertz CT molecular complexity index is 949. The summed E-state index contributed by atoms with van der Waals surface area (Å²) in [5, 5.41) is 22.3. The fourth-order valence-electron chi connectivity index (χ4n) is 2.44. The Hall–Kier alpha value is -2.78. The molecule has 0 bridgehead atoms. The first-order chi connectivity index (χ1) is 12.0. The van der Waals surface area contributed by atoms with Crippen molar-refractivity contribution in [1.82, 2.24) is 25.6 Å². The minimum Gasteiger partial charge on any atom is -0.381 e. The summed E-state index contributed by atoms with van der Waals surface area (Å²) in [7, 11) is -3.52. The van der Waals surface area contributed by atoms with Crippen molar-refractivity contribution in [2.24, 2.45) is 0 Å². The van der Waals surface area contributed by atoms with Crippen LogP contribution in [0.25, 0.3) is 6.08 Å². The first-order valence-electron chi connectivity index (χ1n) is 7.55. The number of aromatic nitrogens is 5. The van der Waals surface area contributed by atoms with Gasteiger partial charge in [-0.15, -0.1) is 10.2 Å². The largest absolute Gasteiger partial charge is 0.381 e. The Balaban J connectivity index is 1.86. The molecule has 8 nitrogen and oxygen atoms in total. The van der Waals surface area contributed by atoms with Gasteiger partial charge in [0.15, 0.2) is 9.84 Å². The molecule has 1 aromatic carbocycles. The zero-order valence-electron chi connectivity index (χ0n) is 13.4. The maximum Gasteiger partial charge on any atom is 0.206 e. The summed E-state index contributed by atoms with van der Waals surface area (Å²) < 4.78 is 25.6. The number of H-pyrrole nitrogens is 2. The van der Waals surface area contributed by atoms with Crippen molar-refractivity contribution in [3.8, 4) is 0 Å². The van der Waals surface area contributed by atoms with E-state index in [1.54, 1.807) is 55.7 Å². The summed E-state index contributed by atoms with van der Waals surface area (Å²) in [6.07, 6.45) is 5.38. The summed E-state index contributed by atoms with van der Waals surface area (Å²) in [6, 6.07) is 8.31. The predicted octanol–water partition coefficient (Wildman–Crippen LogP) is 1.81. The van der Waals surface area contributed by atoms with Crippen LogP contribution in [0.4, 0.5) is 0 Å². The number of tetrazole rings is 1. The molecule has 3 rings (SSSR count). The highest BCUT2D eigenvalue weighted by molar-refractivity contribution is 7.91. The Morgan fingerprint density at radius 1 is 1.20 bits per heavy atom. The maximum absolute atomic E-state index is 12.8. The average Bonchev–Trinajstić information content (AvgIpc) is 3.31. The standard InChI is InChI=1S/C16H17N5O3S/c1-11(25(23,24)13-5-3-2-4-6-13)14-10-17-9-12(14)7-8-15(22)16-18-20-21-19-16/h2-11,15,17,22H,1H3,(H,18,19,20,21)/b8-7+. The van der Waals surface area contributed by atoms with Crippen molar-refractivity contribution in [3.63, 3.8) is 0 Å². The molecule has 3 aromatic rings. The Labute approximate surface area is 144 Å². The van der Waals surface area contributed by atoms with Crippen molar-refractivity contribution < 1.29 is 13.5 Å². The fourth-order valence-corrected chi connectivity index (χ4v) is 3.92. The molecule has 0 saturated carbocycles. The lowest BCUT2D eigenvalue weighted by atomic mass is 10.1. The number of sulfone groups is 1. The smallest absolute Gasteiger partial charge is 0.206 e.